The molecule has 8 heteroatoms. The van der Waals surface area contributed by atoms with Crippen LogP contribution in [0.5, 0.6) is 0 Å². The standard InChI is InChI=1S/C10H8N4O3S/c11-7-3-1-2-6(4-7)9(15)13-10-12-5-8(18-10)14(16)17/h1-5H,11H2,(H,12,13,15). The minimum atomic E-state index is -0.562. The minimum absolute atomic E-state index is 0.127. The zero-order valence-electron chi connectivity index (χ0n) is 8.99. The van der Waals surface area contributed by atoms with Crippen LogP contribution in [0.25, 0.3) is 0 Å². The lowest BCUT2D eigenvalue weighted by Gasteiger charge is -2.01. The van der Waals surface area contributed by atoms with Gasteiger partial charge in [0.05, 0.1) is 4.92 Å². The van der Waals surface area contributed by atoms with Gasteiger partial charge in [-0.25, -0.2) is 4.98 Å². The van der Waals surface area contributed by atoms with Gasteiger partial charge in [0.1, 0.15) is 6.20 Å². The van der Waals surface area contributed by atoms with E-state index in [1.165, 1.54) is 6.07 Å². The molecule has 18 heavy (non-hydrogen) atoms. The Bertz CT molecular complexity index is 611. The van der Waals surface area contributed by atoms with Crippen molar-refractivity contribution in [2.24, 2.45) is 0 Å². The fraction of sp³-hybridized carbons (Fsp3) is 0. The molecule has 0 fully saturated rings. The van der Waals surface area contributed by atoms with Gasteiger partial charge in [-0.3, -0.25) is 20.2 Å². The summed E-state index contributed by atoms with van der Waals surface area (Å²) in [6.07, 6.45) is 1.10. The van der Waals surface area contributed by atoms with Gasteiger partial charge in [-0.15, -0.1) is 0 Å². The molecule has 0 saturated carbocycles. The Balaban J connectivity index is 2.13. The number of rotatable bonds is 3. The summed E-state index contributed by atoms with van der Waals surface area (Å²) in [6.45, 7) is 0. The number of nitrogens with one attached hydrogen (secondary N) is 1. The SMILES string of the molecule is Nc1cccc(C(=O)Nc2ncc([N+](=O)[O-])s2)c1. The van der Waals surface area contributed by atoms with Crippen LogP contribution in [0.2, 0.25) is 0 Å². The van der Waals surface area contributed by atoms with Gasteiger partial charge in [-0.1, -0.05) is 6.07 Å². The van der Waals surface area contributed by atoms with Crippen molar-refractivity contribution in [3.8, 4) is 0 Å². The topological polar surface area (TPSA) is 111 Å². The Hall–Kier alpha value is -2.48. The van der Waals surface area contributed by atoms with E-state index in [0.717, 1.165) is 17.5 Å². The van der Waals surface area contributed by atoms with Crippen molar-refractivity contribution in [3.05, 3.63) is 46.1 Å². The van der Waals surface area contributed by atoms with E-state index in [0.29, 0.717) is 11.3 Å². The molecular weight excluding hydrogens is 256 g/mol. The highest BCUT2D eigenvalue weighted by molar-refractivity contribution is 7.18. The second-order valence-corrected chi connectivity index (χ2v) is 4.35. The van der Waals surface area contributed by atoms with E-state index in [9.17, 15) is 14.9 Å². The van der Waals surface area contributed by atoms with Crippen molar-refractivity contribution in [2.45, 2.75) is 0 Å². The van der Waals surface area contributed by atoms with Crippen LogP contribution in [0.15, 0.2) is 30.5 Å². The molecule has 0 aliphatic carbocycles. The Kier molecular flexibility index (Phi) is 3.20. The molecule has 0 aliphatic heterocycles. The highest BCUT2D eigenvalue weighted by Gasteiger charge is 2.14. The van der Waals surface area contributed by atoms with Gasteiger partial charge >= 0.3 is 5.00 Å². The summed E-state index contributed by atoms with van der Waals surface area (Å²) in [5.41, 5.74) is 6.39. The zero-order valence-corrected chi connectivity index (χ0v) is 9.81. The number of benzene rings is 1. The summed E-state index contributed by atoms with van der Waals surface area (Å²) in [7, 11) is 0. The fourth-order valence-electron chi connectivity index (χ4n) is 1.26. The Morgan fingerprint density at radius 3 is 2.89 bits per heavy atom. The maximum atomic E-state index is 11.8. The summed E-state index contributed by atoms with van der Waals surface area (Å²) >= 11 is 0.795. The molecule has 1 aromatic heterocycles. The predicted molar refractivity (Wildman–Crippen MR) is 67.6 cm³/mol. The number of nitrogen functional groups attached to an aromatic ring is 1. The van der Waals surface area contributed by atoms with Gasteiger partial charge in [-0.05, 0) is 29.5 Å². The van der Waals surface area contributed by atoms with Crippen LogP contribution in [0.3, 0.4) is 0 Å². The second kappa shape index (κ2) is 4.80. The average molecular weight is 264 g/mol. The lowest BCUT2D eigenvalue weighted by Crippen LogP contribution is -2.11. The van der Waals surface area contributed by atoms with Gasteiger partial charge in [0.2, 0.25) is 0 Å². The first-order chi connectivity index (χ1) is 8.56. The molecule has 3 N–H and O–H groups in total. The van der Waals surface area contributed by atoms with Crippen LogP contribution >= 0.6 is 11.3 Å². The number of anilines is 2. The number of thiazole rings is 1. The zero-order chi connectivity index (χ0) is 13.1. The predicted octanol–water partition coefficient (Wildman–Crippen LogP) is 1.89. The maximum absolute atomic E-state index is 11.8. The molecule has 1 heterocycles. The number of nitrogens with two attached hydrogens (primary N) is 1. The van der Waals surface area contributed by atoms with E-state index in [4.69, 9.17) is 5.73 Å². The van der Waals surface area contributed by atoms with E-state index in [1.807, 2.05) is 0 Å². The van der Waals surface area contributed by atoms with Crippen molar-refractivity contribution in [3.63, 3.8) is 0 Å². The van der Waals surface area contributed by atoms with Crippen LogP contribution in [0.4, 0.5) is 15.8 Å². The molecule has 92 valence electrons. The monoisotopic (exact) mass is 264 g/mol. The first-order valence-corrected chi connectivity index (χ1v) is 5.65. The van der Waals surface area contributed by atoms with Gasteiger partial charge < -0.3 is 5.73 Å². The normalized spacial score (nSPS) is 10.0. The Morgan fingerprint density at radius 1 is 1.50 bits per heavy atom. The van der Waals surface area contributed by atoms with Crippen LogP contribution in [0, 0.1) is 10.1 Å². The molecule has 1 amide bonds. The van der Waals surface area contributed by atoms with Gasteiger partial charge in [0.25, 0.3) is 5.91 Å². The summed E-state index contributed by atoms with van der Waals surface area (Å²) in [4.78, 5) is 25.4. The van der Waals surface area contributed by atoms with Gasteiger partial charge in [0.15, 0.2) is 5.13 Å². The second-order valence-electron chi connectivity index (χ2n) is 3.34. The van der Waals surface area contributed by atoms with E-state index in [1.54, 1.807) is 18.2 Å². The van der Waals surface area contributed by atoms with E-state index in [2.05, 4.69) is 10.3 Å². The first kappa shape index (κ1) is 12.0. The quantitative estimate of drug-likeness (QED) is 0.499. The smallest absolute Gasteiger partial charge is 0.345 e. The molecule has 0 atom stereocenters. The van der Waals surface area contributed by atoms with Crippen LogP contribution in [-0.2, 0) is 0 Å². The van der Waals surface area contributed by atoms with Crippen molar-refractivity contribution in [2.75, 3.05) is 11.1 Å². The van der Waals surface area contributed by atoms with E-state index < -0.39 is 10.8 Å². The largest absolute Gasteiger partial charge is 0.399 e. The van der Waals surface area contributed by atoms with Gasteiger partial charge in [-0.2, -0.15) is 0 Å². The van der Waals surface area contributed by atoms with Crippen LogP contribution in [0.1, 0.15) is 10.4 Å². The average Bonchev–Trinajstić information content (AvgIpc) is 2.77. The summed E-state index contributed by atoms with van der Waals surface area (Å²) < 4.78 is 0. The van der Waals surface area contributed by atoms with Crippen molar-refractivity contribution in [1.29, 1.82) is 0 Å². The molecule has 1 aromatic carbocycles. The minimum Gasteiger partial charge on any atom is -0.399 e. The third kappa shape index (κ3) is 2.61. The van der Waals surface area contributed by atoms with Crippen LogP contribution in [-0.4, -0.2) is 15.8 Å². The Morgan fingerprint density at radius 2 is 2.28 bits per heavy atom. The number of aromatic nitrogens is 1. The lowest BCUT2D eigenvalue weighted by molar-refractivity contribution is -0.380. The molecule has 0 aliphatic rings. The summed E-state index contributed by atoms with van der Waals surface area (Å²) in [5.74, 6) is -0.411. The number of nitro groups is 1. The number of carbonyl (C=O) groups is 1. The summed E-state index contributed by atoms with van der Waals surface area (Å²) in [5, 5.41) is 13.0. The third-order valence-corrected chi connectivity index (χ3v) is 2.91. The fourth-order valence-corrected chi connectivity index (χ4v) is 1.88. The van der Waals surface area contributed by atoms with Crippen molar-refractivity contribution >= 4 is 33.1 Å². The molecule has 0 spiro atoms. The number of nitrogens with zero attached hydrogens (tertiary/aromatic N) is 2. The van der Waals surface area contributed by atoms with Crippen LogP contribution < -0.4 is 11.1 Å². The molecule has 0 unspecified atom stereocenters. The molecule has 2 rings (SSSR count). The van der Waals surface area contributed by atoms with E-state index >= 15 is 0 Å². The molecule has 0 saturated heterocycles. The van der Waals surface area contributed by atoms with Crippen molar-refractivity contribution < 1.29 is 9.72 Å². The van der Waals surface area contributed by atoms with Crippen molar-refractivity contribution in [1.82, 2.24) is 4.98 Å². The number of amides is 1. The number of carbonyl (C=O) groups excluding carboxylic acids is 1. The van der Waals surface area contributed by atoms with E-state index in [-0.39, 0.29) is 10.1 Å². The molecule has 2 aromatic rings. The maximum Gasteiger partial charge on any atom is 0.345 e. The molecular formula is C10H8N4O3S. The number of hydrogen-bond donors (Lipinski definition) is 2. The Labute approximate surface area is 105 Å². The third-order valence-electron chi connectivity index (χ3n) is 2.04. The highest BCUT2D eigenvalue weighted by Crippen LogP contribution is 2.25. The lowest BCUT2D eigenvalue weighted by atomic mass is 10.2. The number of hydrogen-bond acceptors (Lipinski definition) is 6. The summed E-state index contributed by atoms with van der Waals surface area (Å²) in [6, 6.07) is 6.41. The molecule has 0 bridgehead atoms. The molecule has 7 nitrogen and oxygen atoms in total. The first-order valence-electron chi connectivity index (χ1n) is 4.83. The van der Waals surface area contributed by atoms with Gasteiger partial charge in [0, 0.05) is 11.3 Å². The highest BCUT2D eigenvalue weighted by atomic mass is 32.1. The molecule has 0 radical (unpaired) electrons.